The van der Waals surface area contributed by atoms with E-state index >= 15 is 0 Å². The SMILES string of the molecule is CCCCCCCC1C[C@]1(NC(=O)[C@@H]1CCCN1C(O)CNC(=O)NC(CN1CCCN(C)S1(=O)=O)C(C)(C)C)C(=O)O. The van der Waals surface area contributed by atoms with Crippen molar-refractivity contribution >= 4 is 28.1 Å². The Balaban J connectivity index is 1.52. The lowest BCUT2D eigenvalue weighted by molar-refractivity contribution is -0.145. The first-order chi connectivity index (χ1) is 20.1. The van der Waals surface area contributed by atoms with Crippen LogP contribution in [0.2, 0.25) is 0 Å². The molecule has 1 aliphatic carbocycles. The molecule has 2 saturated heterocycles. The monoisotopic (exact) mass is 630 g/mol. The third-order valence-corrected chi connectivity index (χ3v) is 11.2. The summed E-state index contributed by atoms with van der Waals surface area (Å²) in [6.07, 6.45) is 7.32. The average Bonchev–Trinajstić information content (AvgIpc) is 3.39. The van der Waals surface area contributed by atoms with E-state index in [1.54, 1.807) is 11.9 Å². The second kappa shape index (κ2) is 14.9. The van der Waals surface area contributed by atoms with Gasteiger partial charge >= 0.3 is 12.0 Å². The molecule has 5 atom stereocenters. The highest BCUT2D eigenvalue weighted by molar-refractivity contribution is 7.86. The molecule has 3 amide bonds. The topological polar surface area (TPSA) is 172 Å². The van der Waals surface area contributed by atoms with E-state index < -0.39 is 57.4 Å². The van der Waals surface area contributed by atoms with E-state index in [4.69, 9.17) is 0 Å². The average molecular weight is 631 g/mol. The summed E-state index contributed by atoms with van der Waals surface area (Å²) in [7, 11) is -2.05. The lowest BCUT2D eigenvalue weighted by atomic mass is 9.86. The number of nitrogens with zero attached hydrogens (tertiary/aromatic N) is 3. The predicted molar refractivity (Wildman–Crippen MR) is 163 cm³/mol. The summed E-state index contributed by atoms with van der Waals surface area (Å²) in [5.74, 6) is -1.51. The van der Waals surface area contributed by atoms with Crippen LogP contribution in [0, 0.1) is 11.3 Å². The number of nitrogens with one attached hydrogen (secondary N) is 3. The van der Waals surface area contributed by atoms with Crippen LogP contribution in [0.4, 0.5) is 4.79 Å². The maximum atomic E-state index is 13.3. The van der Waals surface area contributed by atoms with E-state index in [1.165, 1.54) is 15.0 Å². The van der Waals surface area contributed by atoms with Crippen molar-refractivity contribution in [1.82, 2.24) is 29.5 Å². The van der Waals surface area contributed by atoms with Crippen LogP contribution in [0.15, 0.2) is 0 Å². The molecule has 0 spiro atoms. The van der Waals surface area contributed by atoms with Crippen LogP contribution in [0.3, 0.4) is 0 Å². The zero-order valence-corrected chi connectivity index (χ0v) is 27.4. The smallest absolute Gasteiger partial charge is 0.329 e. The highest BCUT2D eigenvalue weighted by Gasteiger charge is 2.61. The molecule has 3 fully saturated rings. The van der Waals surface area contributed by atoms with E-state index in [9.17, 15) is 33.0 Å². The number of carbonyl (C=O) groups is 3. The van der Waals surface area contributed by atoms with Crippen molar-refractivity contribution in [1.29, 1.82) is 0 Å². The summed E-state index contributed by atoms with van der Waals surface area (Å²) in [5, 5.41) is 29.2. The van der Waals surface area contributed by atoms with E-state index in [0.717, 1.165) is 32.1 Å². The first-order valence-corrected chi connectivity index (χ1v) is 17.3. The summed E-state index contributed by atoms with van der Waals surface area (Å²) in [4.78, 5) is 39.9. The summed E-state index contributed by atoms with van der Waals surface area (Å²) in [6.45, 7) is 9.14. The molecule has 248 valence electrons. The Bertz CT molecular complexity index is 1080. The Labute approximate surface area is 257 Å². The highest BCUT2D eigenvalue weighted by Crippen LogP contribution is 2.47. The summed E-state index contributed by atoms with van der Waals surface area (Å²) in [6, 6.07) is -1.74. The minimum atomic E-state index is -3.60. The summed E-state index contributed by atoms with van der Waals surface area (Å²) in [5.41, 5.74) is -1.69. The number of hydrogen-bond acceptors (Lipinski definition) is 7. The lowest BCUT2D eigenvalue weighted by Gasteiger charge is -2.39. The number of urea groups is 1. The molecule has 3 unspecified atom stereocenters. The summed E-state index contributed by atoms with van der Waals surface area (Å²) < 4.78 is 28.2. The maximum Gasteiger partial charge on any atom is 0.329 e. The molecule has 3 rings (SSSR count). The van der Waals surface area contributed by atoms with Gasteiger partial charge < -0.3 is 26.2 Å². The first kappa shape index (κ1) is 35.5. The maximum absolute atomic E-state index is 13.3. The third kappa shape index (κ3) is 9.03. The van der Waals surface area contributed by atoms with E-state index in [-0.39, 0.29) is 19.0 Å². The Hall–Kier alpha value is -2.00. The van der Waals surface area contributed by atoms with Gasteiger partial charge in [-0.1, -0.05) is 59.8 Å². The van der Waals surface area contributed by atoms with Gasteiger partial charge in [-0.05, 0) is 43.4 Å². The normalized spacial score (nSPS) is 27.8. The number of carboxylic acids is 1. The molecule has 3 aliphatic rings. The Morgan fingerprint density at radius 3 is 2.40 bits per heavy atom. The second-order valence-electron chi connectivity index (χ2n) is 13.6. The number of amides is 3. The van der Waals surface area contributed by atoms with Crippen LogP contribution in [0.5, 0.6) is 0 Å². The molecule has 14 heteroatoms. The van der Waals surface area contributed by atoms with Crippen LogP contribution in [0.1, 0.15) is 91.9 Å². The molecule has 0 radical (unpaired) electrons. The quantitative estimate of drug-likeness (QED) is 0.170. The fraction of sp³-hybridized carbons (Fsp3) is 0.897. The van der Waals surface area contributed by atoms with Gasteiger partial charge in [0.05, 0.1) is 12.6 Å². The van der Waals surface area contributed by atoms with Crippen LogP contribution >= 0.6 is 0 Å². The number of hydrogen-bond donors (Lipinski definition) is 5. The van der Waals surface area contributed by atoms with Crippen molar-refractivity contribution in [3.63, 3.8) is 0 Å². The van der Waals surface area contributed by atoms with Crippen molar-refractivity contribution in [2.75, 3.05) is 39.8 Å². The number of aliphatic carboxylic acids is 1. The first-order valence-electron chi connectivity index (χ1n) is 15.9. The van der Waals surface area contributed by atoms with E-state index in [2.05, 4.69) is 22.9 Å². The number of aliphatic hydroxyl groups is 1. The lowest BCUT2D eigenvalue weighted by Crippen LogP contribution is -2.58. The van der Waals surface area contributed by atoms with E-state index in [0.29, 0.717) is 45.3 Å². The van der Waals surface area contributed by atoms with Gasteiger partial charge in [-0.3, -0.25) is 9.69 Å². The molecule has 13 nitrogen and oxygen atoms in total. The van der Waals surface area contributed by atoms with Crippen molar-refractivity contribution < 1.29 is 33.0 Å². The molecular weight excluding hydrogens is 576 g/mol. The van der Waals surface area contributed by atoms with Crippen LogP contribution in [-0.2, 0) is 19.8 Å². The predicted octanol–water partition coefficient (Wildman–Crippen LogP) is 1.69. The largest absolute Gasteiger partial charge is 0.479 e. The Morgan fingerprint density at radius 2 is 1.74 bits per heavy atom. The molecule has 0 aromatic rings. The van der Waals surface area contributed by atoms with Crippen molar-refractivity contribution in [2.45, 2.75) is 116 Å². The number of carbonyl (C=O) groups excluding carboxylic acids is 2. The second-order valence-corrected chi connectivity index (χ2v) is 15.6. The van der Waals surface area contributed by atoms with Crippen molar-refractivity contribution in [3.05, 3.63) is 0 Å². The number of carboxylic acid groups (broad SMARTS) is 1. The van der Waals surface area contributed by atoms with Crippen molar-refractivity contribution in [3.8, 4) is 0 Å². The third-order valence-electron chi connectivity index (χ3n) is 9.25. The van der Waals surface area contributed by atoms with Gasteiger partial charge in [0, 0.05) is 39.3 Å². The summed E-state index contributed by atoms with van der Waals surface area (Å²) >= 11 is 0. The number of likely N-dealkylation sites (tertiary alicyclic amines) is 1. The van der Waals surface area contributed by atoms with E-state index in [1.807, 2.05) is 20.8 Å². The zero-order chi connectivity index (χ0) is 32.0. The number of rotatable bonds is 15. The van der Waals surface area contributed by atoms with Gasteiger partial charge in [0.15, 0.2) is 0 Å². The highest BCUT2D eigenvalue weighted by atomic mass is 32.2. The minimum absolute atomic E-state index is 0.0863. The number of unbranched alkanes of at least 4 members (excludes halogenated alkanes) is 4. The van der Waals surface area contributed by atoms with Crippen molar-refractivity contribution in [2.24, 2.45) is 11.3 Å². The molecule has 0 bridgehead atoms. The van der Waals surface area contributed by atoms with Crippen LogP contribution < -0.4 is 16.0 Å². The molecular formula is C29H54N6O7S. The van der Waals surface area contributed by atoms with Crippen LogP contribution in [0.25, 0.3) is 0 Å². The molecule has 0 aromatic carbocycles. The van der Waals surface area contributed by atoms with Gasteiger partial charge in [0.25, 0.3) is 10.2 Å². The van der Waals surface area contributed by atoms with Gasteiger partial charge in [-0.15, -0.1) is 0 Å². The Kier molecular flexibility index (Phi) is 12.3. The fourth-order valence-corrected chi connectivity index (χ4v) is 7.66. The molecule has 0 aromatic heterocycles. The minimum Gasteiger partial charge on any atom is -0.479 e. The Morgan fingerprint density at radius 1 is 1.05 bits per heavy atom. The molecule has 1 saturated carbocycles. The standard InChI is InChI=1S/C29H54N6O7S/c1-6-7-8-9-10-13-21-18-29(21,26(38)39)32-25(37)22-14-11-17-35(22)24(36)19-30-27(40)31-23(28(2,3)4)20-34-16-12-15-33(5)43(34,41)42/h21-24,36H,6-20H2,1-5H3,(H,32,37)(H,38,39)(H2,30,31,40)/t21?,22-,23?,24?,29+/m0/s1. The fourth-order valence-electron chi connectivity index (χ4n) is 6.20. The molecule has 2 heterocycles. The van der Waals surface area contributed by atoms with Gasteiger partial charge in [-0.25, -0.2) is 9.59 Å². The van der Waals surface area contributed by atoms with Gasteiger partial charge in [0.2, 0.25) is 5.91 Å². The molecule has 43 heavy (non-hydrogen) atoms. The van der Waals surface area contributed by atoms with Crippen LogP contribution in [-0.4, -0.2) is 114 Å². The molecule has 2 aliphatic heterocycles. The zero-order valence-electron chi connectivity index (χ0n) is 26.6. The number of aliphatic hydroxyl groups excluding tert-OH is 1. The van der Waals surface area contributed by atoms with Gasteiger partial charge in [-0.2, -0.15) is 17.0 Å². The molecule has 5 N–H and O–H groups in total. The van der Waals surface area contributed by atoms with Gasteiger partial charge in [0.1, 0.15) is 11.8 Å².